The quantitative estimate of drug-likeness (QED) is 0.765. The third kappa shape index (κ3) is 5.58. The van der Waals surface area contributed by atoms with Gasteiger partial charge in [-0.2, -0.15) is 0 Å². The van der Waals surface area contributed by atoms with Crippen LogP contribution in [0.5, 0.6) is 0 Å². The highest BCUT2D eigenvalue weighted by atomic mass is 32.2. The maximum Gasteiger partial charge on any atom is 0.239 e. The molecule has 27 heavy (non-hydrogen) atoms. The lowest BCUT2D eigenvalue weighted by Gasteiger charge is -2.35. The summed E-state index contributed by atoms with van der Waals surface area (Å²) in [6, 6.07) is 11.6. The maximum atomic E-state index is 12.7. The van der Waals surface area contributed by atoms with E-state index in [1.165, 1.54) is 0 Å². The van der Waals surface area contributed by atoms with Crippen LogP contribution in [0, 0.1) is 6.92 Å². The van der Waals surface area contributed by atoms with Crippen LogP contribution in [0.3, 0.4) is 0 Å². The number of nitrogens with zero attached hydrogens (tertiary/aromatic N) is 3. The molecule has 0 bridgehead atoms. The van der Waals surface area contributed by atoms with E-state index in [9.17, 15) is 9.59 Å². The van der Waals surface area contributed by atoms with Crippen LogP contribution in [0.2, 0.25) is 0 Å². The number of carbonyl (C=O) groups excluding carboxylic acids is 2. The lowest BCUT2D eigenvalue weighted by atomic mass is 10.3. The van der Waals surface area contributed by atoms with E-state index < -0.39 is 0 Å². The normalized spacial score (nSPS) is 16.1. The molecule has 0 saturated carbocycles. The number of hydrogen-bond donors (Lipinski definition) is 1. The number of aryl methyl sites for hydroxylation is 1. The molecule has 1 N–H and O–H groups in total. The number of thioether (sulfide) groups is 1. The highest BCUT2D eigenvalue weighted by Gasteiger charge is 2.26. The minimum atomic E-state index is -0.129. The molecule has 1 fully saturated rings. The fourth-order valence-electron chi connectivity index (χ4n) is 2.95. The molecule has 2 amide bonds. The Kier molecular flexibility index (Phi) is 6.52. The van der Waals surface area contributed by atoms with Gasteiger partial charge in [0, 0.05) is 37.1 Å². The molecular weight excluding hydrogens is 364 g/mol. The summed E-state index contributed by atoms with van der Waals surface area (Å²) in [5.41, 5.74) is 0. The number of hydrogen-bond acceptors (Lipinski definition) is 6. The summed E-state index contributed by atoms with van der Waals surface area (Å²) in [5, 5.41) is 6.35. The van der Waals surface area contributed by atoms with Gasteiger partial charge in [-0.1, -0.05) is 23.4 Å². The highest BCUT2D eigenvalue weighted by molar-refractivity contribution is 8.00. The SMILES string of the molecule is Cc1cc(NC(=O)CN2CCN(C(=O)C(C)Sc3ccccc3)CC2)no1. The third-order valence-corrected chi connectivity index (χ3v) is 5.45. The van der Waals surface area contributed by atoms with Crippen molar-refractivity contribution in [3.8, 4) is 0 Å². The van der Waals surface area contributed by atoms with Gasteiger partial charge in [-0.15, -0.1) is 11.8 Å². The summed E-state index contributed by atoms with van der Waals surface area (Å²) >= 11 is 1.58. The van der Waals surface area contributed by atoms with Gasteiger partial charge in [-0.05, 0) is 26.0 Å². The van der Waals surface area contributed by atoms with Crippen molar-refractivity contribution in [2.75, 3.05) is 38.0 Å². The first kappa shape index (κ1) is 19.4. The number of amides is 2. The highest BCUT2D eigenvalue weighted by Crippen LogP contribution is 2.24. The van der Waals surface area contributed by atoms with Crippen molar-refractivity contribution in [3.05, 3.63) is 42.2 Å². The number of benzene rings is 1. The van der Waals surface area contributed by atoms with Crippen molar-refractivity contribution in [2.24, 2.45) is 0 Å². The number of aromatic nitrogens is 1. The van der Waals surface area contributed by atoms with Gasteiger partial charge in [-0.3, -0.25) is 14.5 Å². The van der Waals surface area contributed by atoms with Gasteiger partial charge in [0.05, 0.1) is 11.8 Å². The predicted molar refractivity (Wildman–Crippen MR) is 105 cm³/mol. The lowest BCUT2D eigenvalue weighted by molar-refractivity contribution is -0.132. The number of nitrogens with one attached hydrogen (secondary N) is 1. The standard InChI is InChI=1S/C19H24N4O3S/c1-14-12-17(21-26-14)20-18(24)13-22-8-10-23(11-9-22)19(25)15(2)27-16-6-4-3-5-7-16/h3-7,12,15H,8-11,13H2,1-2H3,(H,20,21,24). The van der Waals surface area contributed by atoms with Gasteiger partial charge in [0.15, 0.2) is 5.82 Å². The van der Waals surface area contributed by atoms with Gasteiger partial charge >= 0.3 is 0 Å². The molecule has 8 heteroatoms. The molecule has 144 valence electrons. The van der Waals surface area contributed by atoms with Crippen LogP contribution in [0.15, 0.2) is 45.8 Å². The first-order chi connectivity index (χ1) is 13.0. The van der Waals surface area contributed by atoms with Gasteiger partial charge in [0.1, 0.15) is 5.76 Å². The lowest BCUT2D eigenvalue weighted by Crippen LogP contribution is -2.52. The molecule has 2 heterocycles. The first-order valence-corrected chi connectivity index (χ1v) is 9.85. The largest absolute Gasteiger partial charge is 0.360 e. The second-order valence-corrected chi connectivity index (χ2v) is 7.96. The third-order valence-electron chi connectivity index (χ3n) is 4.35. The Hall–Kier alpha value is -2.32. The van der Waals surface area contributed by atoms with Gasteiger partial charge in [0.2, 0.25) is 11.8 Å². The van der Waals surface area contributed by atoms with Crippen LogP contribution < -0.4 is 5.32 Å². The van der Waals surface area contributed by atoms with Gasteiger partial charge in [-0.25, -0.2) is 0 Å². The molecule has 1 unspecified atom stereocenters. The minimum Gasteiger partial charge on any atom is -0.360 e. The molecule has 0 spiro atoms. The van der Waals surface area contributed by atoms with E-state index in [-0.39, 0.29) is 23.6 Å². The van der Waals surface area contributed by atoms with E-state index in [4.69, 9.17) is 4.52 Å². The summed E-state index contributed by atoms with van der Waals surface area (Å²) in [6.07, 6.45) is 0. The number of carbonyl (C=O) groups is 2. The predicted octanol–water partition coefficient (Wildman–Crippen LogP) is 2.25. The Morgan fingerprint density at radius 2 is 1.93 bits per heavy atom. The Bertz CT molecular complexity index is 772. The molecule has 1 aliphatic rings. The van der Waals surface area contributed by atoms with Crippen molar-refractivity contribution in [1.82, 2.24) is 15.0 Å². The molecule has 1 atom stereocenters. The van der Waals surface area contributed by atoms with E-state index in [2.05, 4.69) is 10.5 Å². The van der Waals surface area contributed by atoms with Crippen LogP contribution >= 0.6 is 11.8 Å². The van der Waals surface area contributed by atoms with E-state index in [1.54, 1.807) is 24.8 Å². The van der Waals surface area contributed by atoms with Crippen LogP contribution in [0.25, 0.3) is 0 Å². The van der Waals surface area contributed by atoms with E-state index in [1.807, 2.05) is 47.1 Å². The molecule has 1 aliphatic heterocycles. The van der Waals surface area contributed by atoms with Crippen LogP contribution in [-0.4, -0.2) is 64.7 Å². The zero-order valence-corrected chi connectivity index (χ0v) is 16.4. The summed E-state index contributed by atoms with van der Waals surface area (Å²) in [7, 11) is 0. The van der Waals surface area contributed by atoms with Crippen molar-refractivity contribution in [1.29, 1.82) is 0 Å². The van der Waals surface area contributed by atoms with Gasteiger partial charge < -0.3 is 14.7 Å². The molecule has 7 nitrogen and oxygen atoms in total. The van der Waals surface area contributed by atoms with Crippen molar-refractivity contribution in [2.45, 2.75) is 24.0 Å². The maximum absolute atomic E-state index is 12.7. The fourth-order valence-corrected chi connectivity index (χ4v) is 3.92. The van der Waals surface area contributed by atoms with Crippen LogP contribution in [-0.2, 0) is 9.59 Å². The van der Waals surface area contributed by atoms with Gasteiger partial charge in [0.25, 0.3) is 0 Å². The van der Waals surface area contributed by atoms with Crippen molar-refractivity contribution in [3.63, 3.8) is 0 Å². The number of piperazine rings is 1. The monoisotopic (exact) mass is 388 g/mol. The zero-order chi connectivity index (χ0) is 19.2. The molecule has 2 aromatic rings. The second kappa shape index (κ2) is 9.05. The van der Waals surface area contributed by atoms with E-state index >= 15 is 0 Å². The summed E-state index contributed by atoms with van der Waals surface area (Å²) in [6.45, 7) is 6.63. The average molecular weight is 388 g/mol. The number of rotatable bonds is 6. The minimum absolute atomic E-state index is 0.127. The Morgan fingerprint density at radius 3 is 2.56 bits per heavy atom. The molecule has 1 aromatic carbocycles. The summed E-state index contributed by atoms with van der Waals surface area (Å²) in [5.74, 6) is 1.10. The molecule has 1 saturated heterocycles. The Balaban J connectivity index is 1.42. The summed E-state index contributed by atoms with van der Waals surface area (Å²) < 4.78 is 4.94. The van der Waals surface area contributed by atoms with E-state index in [0.717, 1.165) is 4.90 Å². The average Bonchev–Trinajstić information content (AvgIpc) is 3.07. The fraction of sp³-hybridized carbons (Fsp3) is 0.421. The smallest absolute Gasteiger partial charge is 0.239 e. The second-order valence-electron chi connectivity index (χ2n) is 6.55. The Morgan fingerprint density at radius 1 is 1.22 bits per heavy atom. The van der Waals surface area contributed by atoms with Crippen molar-refractivity contribution >= 4 is 29.4 Å². The zero-order valence-electron chi connectivity index (χ0n) is 15.6. The van der Waals surface area contributed by atoms with Crippen LogP contribution in [0.4, 0.5) is 5.82 Å². The van der Waals surface area contributed by atoms with E-state index in [0.29, 0.717) is 37.8 Å². The van der Waals surface area contributed by atoms with Crippen molar-refractivity contribution < 1.29 is 14.1 Å². The number of anilines is 1. The molecule has 1 aromatic heterocycles. The van der Waals surface area contributed by atoms with Crippen LogP contribution in [0.1, 0.15) is 12.7 Å². The molecule has 3 rings (SSSR count). The topological polar surface area (TPSA) is 78.7 Å². The molecule has 0 aliphatic carbocycles. The molecule has 0 radical (unpaired) electrons. The Labute approximate surface area is 163 Å². The first-order valence-electron chi connectivity index (χ1n) is 8.97. The molecular formula is C19H24N4O3S. The summed E-state index contributed by atoms with van der Waals surface area (Å²) in [4.78, 5) is 29.8.